The van der Waals surface area contributed by atoms with E-state index in [1.54, 1.807) is 14.2 Å². The monoisotopic (exact) mass is 329 g/mol. The molecular formula is C15H23NO5S. The van der Waals surface area contributed by atoms with E-state index < -0.39 is 9.84 Å². The number of nitrogens with one attached hydrogen (secondary N) is 1. The van der Waals surface area contributed by atoms with Crippen molar-refractivity contribution in [3.63, 3.8) is 0 Å². The number of benzene rings is 1. The van der Waals surface area contributed by atoms with Gasteiger partial charge in [0.15, 0.2) is 21.3 Å². The van der Waals surface area contributed by atoms with Crippen LogP contribution in [-0.4, -0.2) is 46.8 Å². The Balaban J connectivity index is 2.11. The van der Waals surface area contributed by atoms with Crippen molar-refractivity contribution in [2.75, 3.05) is 32.3 Å². The quantitative estimate of drug-likeness (QED) is 0.815. The number of hydrogen-bond donors (Lipinski definition) is 1. The van der Waals surface area contributed by atoms with E-state index in [0.717, 1.165) is 5.56 Å². The maximum absolute atomic E-state index is 11.5. The number of sulfone groups is 1. The van der Waals surface area contributed by atoms with Crippen molar-refractivity contribution in [3.05, 3.63) is 17.7 Å². The van der Waals surface area contributed by atoms with Gasteiger partial charge in [-0.05, 0) is 31.0 Å². The van der Waals surface area contributed by atoms with Gasteiger partial charge >= 0.3 is 0 Å². The lowest BCUT2D eigenvalue weighted by Gasteiger charge is -2.16. The summed E-state index contributed by atoms with van der Waals surface area (Å²) in [5.74, 6) is 2.27. The van der Waals surface area contributed by atoms with Gasteiger partial charge < -0.3 is 19.5 Å². The minimum atomic E-state index is -2.87. The lowest BCUT2D eigenvalue weighted by atomic mass is 10.1. The summed E-state index contributed by atoms with van der Waals surface area (Å²) >= 11 is 0. The third-order valence-corrected chi connectivity index (χ3v) is 5.40. The molecule has 0 aromatic heterocycles. The van der Waals surface area contributed by atoms with Gasteiger partial charge in [-0.25, -0.2) is 8.42 Å². The normalized spacial score (nSPS) is 19.9. The maximum atomic E-state index is 11.5. The van der Waals surface area contributed by atoms with Crippen molar-refractivity contribution in [2.24, 2.45) is 0 Å². The average molecular weight is 329 g/mol. The number of rotatable bonds is 7. The van der Waals surface area contributed by atoms with E-state index in [2.05, 4.69) is 5.32 Å². The fourth-order valence-corrected chi connectivity index (χ4v) is 4.25. The smallest absolute Gasteiger partial charge is 0.203 e. The molecular weight excluding hydrogens is 306 g/mol. The molecule has 1 N–H and O–H groups in total. The van der Waals surface area contributed by atoms with E-state index in [1.165, 1.54) is 0 Å². The van der Waals surface area contributed by atoms with Crippen molar-refractivity contribution in [3.8, 4) is 17.2 Å². The van der Waals surface area contributed by atoms with E-state index in [1.807, 2.05) is 19.1 Å². The van der Waals surface area contributed by atoms with Crippen molar-refractivity contribution in [2.45, 2.75) is 25.9 Å². The summed E-state index contributed by atoms with van der Waals surface area (Å²) in [5, 5.41) is 3.28. The Morgan fingerprint density at radius 2 is 1.86 bits per heavy atom. The molecule has 7 heteroatoms. The largest absolute Gasteiger partial charge is 0.493 e. The van der Waals surface area contributed by atoms with Crippen LogP contribution >= 0.6 is 0 Å². The molecule has 1 aromatic carbocycles. The lowest BCUT2D eigenvalue weighted by Crippen LogP contribution is -2.29. The molecule has 0 radical (unpaired) electrons. The Morgan fingerprint density at radius 3 is 2.32 bits per heavy atom. The second-order valence-corrected chi connectivity index (χ2v) is 7.47. The second-order valence-electron chi connectivity index (χ2n) is 5.24. The molecule has 0 aliphatic carbocycles. The molecule has 0 saturated carbocycles. The summed E-state index contributed by atoms with van der Waals surface area (Å²) in [7, 11) is 0.291. The molecule has 1 atom stereocenters. The maximum Gasteiger partial charge on any atom is 0.203 e. The molecule has 1 aliphatic heterocycles. The molecule has 0 bridgehead atoms. The van der Waals surface area contributed by atoms with Gasteiger partial charge in [0.2, 0.25) is 5.75 Å². The van der Waals surface area contributed by atoms with Gasteiger partial charge in [-0.1, -0.05) is 0 Å². The first kappa shape index (κ1) is 16.9. The first-order valence-electron chi connectivity index (χ1n) is 7.30. The van der Waals surface area contributed by atoms with Crippen molar-refractivity contribution >= 4 is 9.84 Å². The first-order valence-corrected chi connectivity index (χ1v) is 9.12. The van der Waals surface area contributed by atoms with Crippen LogP contribution in [0, 0.1) is 0 Å². The van der Waals surface area contributed by atoms with Crippen molar-refractivity contribution < 1.29 is 22.6 Å². The summed E-state index contributed by atoms with van der Waals surface area (Å²) in [6, 6.07) is 3.77. The van der Waals surface area contributed by atoms with E-state index >= 15 is 0 Å². The van der Waals surface area contributed by atoms with Crippen LogP contribution < -0.4 is 19.5 Å². The standard InChI is InChI=1S/C15H23NO5S/c1-4-21-15-13(19-2)7-11(8-14(15)20-3)9-16-12-5-6-22(17,18)10-12/h7-8,12,16H,4-6,9-10H2,1-3H3. The zero-order chi connectivity index (χ0) is 16.2. The van der Waals surface area contributed by atoms with Gasteiger partial charge in [0.05, 0.1) is 32.3 Å². The third kappa shape index (κ3) is 4.04. The molecule has 1 unspecified atom stereocenters. The lowest BCUT2D eigenvalue weighted by molar-refractivity contribution is 0.287. The molecule has 0 amide bonds. The molecule has 0 spiro atoms. The van der Waals surface area contributed by atoms with Gasteiger partial charge in [0, 0.05) is 12.6 Å². The third-order valence-electron chi connectivity index (χ3n) is 3.64. The van der Waals surface area contributed by atoms with E-state index in [4.69, 9.17) is 14.2 Å². The fourth-order valence-electron chi connectivity index (χ4n) is 2.54. The number of methoxy groups -OCH3 is 2. The average Bonchev–Trinajstić information content (AvgIpc) is 2.85. The van der Waals surface area contributed by atoms with Gasteiger partial charge in [-0.15, -0.1) is 0 Å². The highest BCUT2D eigenvalue weighted by atomic mass is 32.2. The zero-order valence-corrected chi connectivity index (χ0v) is 14.0. The number of hydrogen-bond acceptors (Lipinski definition) is 6. The minimum absolute atomic E-state index is 0.00792. The highest BCUT2D eigenvalue weighted by Crippen LogP contribution is 2.38. The van der Waals surface area contributed by atoms with Crippen LogP contribution in [0.3, 0.4) is 0 Å². The topological polar surface area (TPSA) is 73.9 Å². The van der Waals surface area contributed by atoms with E-state index in [9.17, 15) is 8.42 Å². The van der Waals surface area contributed by atoms with Gasteiger partial charge in [-0.3, -0.25) is 0 Å². The minimum Gasteiger partial charge on any atom is -0.493 e. The molecule has 1 heterocycles. The van der Waals surface area contributed by atoms with Crippen LogP contribution in [-0.2, 0) is 16.4 Å². The van der Waals surface area contributed by atoms with Crippen molar-refractivity contribution in [1.29, 1.82) is 0 Å². The fraction of sp³-hybridized carbons (Fsp3) is 0.600. The Kier molecular flexibility index (Phi) is 5.52. The molecule has 124 valence electrons. The molecule has 6 nitrogen and oxygen atoms in total. The second kappa shape index (κ2) is 7.19. The van der Waals surface area contributed by atoms with Crippen LogP contribution in [0.2, 0.25) is 0 Å². The van der Waals surface area contributed by atoms with E-state index in [0.29, 0.717) is 36.8 Å². The van der Waals surface area contributed by atoms with Gasteiger partial charge in [0.1, 0.15) is 0 Å². The molecule has 1 aromatic rings. The predicted octanol–water partition coefficient (Wildman–Crippen LogP) is 1.38. The van der Waals surface area contributed by atoms with Crippen LogP contribution in [0.5, 0.6) is 17.2 Å². The molecule has 22 heavy (non-hydrogen) atoms. The Hall–Kier alpha value is -1.47. The van der Waals surface area contributed by atoms with E-state index in [-0.39, 0.29) is 17.5 Å². The molecule has 1 saturated heterocycles. The SMILES string of the molecule is CCOc1c(OC)cc(CNC2CCS(=O)(=O)C2)cc1OC. The Labute approximate surface area is 131 Å². The summed E-state index contributed by atoms with van der Waals surface area (Å²) in [6.07, 6.45) is 0.660. The molecule has 2 rings (SSSR count). The summed E-state index contributed by atoms with van der Waals surface area (Å²) in [6.45, 7) is 2.97. The molecule has 1 aliphatic rings. The van der Waals surface area contributed by atoms with Crippen LogP contribution in [0.15, 0.2) is 12.1 Å². The summed E-state index contributed by atoms with van der Waals surface area (Å²) < 4.78 is 39.2. The predicted molar refractivity (Wildman–Crippen MR) is 84.6 cm³/mol. The zero-order valence-electron chi connectivity index (χ0n) is 13.2. The summed E-state index contributed by atoms with van der Waals surface area (Å²) in [5.41, 5.74) is 0.960. The Morgan fingerprint density at radius 1 is 1.23 bits per heavy atom. The number of ether oxygens (including phenoxy) is 3. The van der Waals surface area contributed by atoms with Crippen molar-refractivity contribution in [1.82, 2.24) is 5.32 Å². The highest BCUT2D eigenvalue weighted by molar-refractivity contribution is 7.91. The van der Waals surface area contributed by atoms with Crippen LogP contribution in [0.4, 0.5) is 0 Å². The summed E-state index contributed by atoms with van der Waals surface area (Å²) in [4.78, 5) is 0. The first-order chi connectivity index (χ1) is 10.5. The van der Waals surface area contributed by atoms with Crippen LogP contribution in [0.25, 0.3) is 0 Å². The molecule has 1 fully saturated rings. The highest BCUT2D eigenvalue weighted by Gasteiger charge is 2.27. The van der Waals surface area contributed by atoms with Crippen LogP contribution in [0.1, 0.15) is 18.9 Å². The van der Waals surface area contributed by atoms with Gasteiger partial charge in [0.25, 0.3) is 0 Å². The Bertz CT molecular complexity index is 589. The van der Waals surface area contributed by atoms with Gasteiger partial charge in [-0.2, -0.15) is 0 Å².